The molecule has 0 radical (unpaired) electrons. The Balaban J connectivity index is 2.93. The molecule has 0 saturated carbocycles. The SMILES string of the molecule is CNc1cc([N+](=O)[O-])ccc1NCCO. The lowest BCUT2D eigenvalue weighted by atomic mass is 10.2. The van der Waals surface area contributed by atoms with E-state index in [9.17, 15) is 10.1 Å². The summed E-state index contributed by atoms with van der Waals surface area (Å²) in [5, 5.41) is 25.0. The fourth-order valence-corrected chi connectivity index (χ4v) is 1.20. The van der Waals surface area contributed by atoms with E-state index in [1.807, 2.05) is 0 Å². The monoisotopic (exact) mass is 211 g/mol. The molecule has 0 atom stereocenters. The Morgan fingerprint density at radius 2 is 2.20 bits per heavy atom. The largest absolute Gasteiger partial charge is 0.395 e. The number of benzene rings is 1. The third kappa shape index (κ3) is 2.81. The van der Waals surface area contributed by atoms with Gasteiger partial charge in [-0.15, -0.1) is 0 Å². The van der Waals surface area contributed by atoms with Crippen molar-refractivity contribution >= 4 is 17.1 Å². The van der Waals surface area contributed by atoms with Crippen LogP contribution in [0.25, 0.3) is 0 Å². The standard InChI is InChI=1S/C9H13N3O3/c1-10-9-6-7(12(14)15)2-3-8(9)11-4-5-13/h2-3,6,10-11,13H,4-5H2,1H3. The predicted octanol–water partition coefficient (Wildman–Crippen LogP) is 1.04. The van der Waals surface area contributed by atoms with Crippen molar-refractivity contribution in [3.05, 3.63) is 28.3 Å². The van der Waals surface area contributed by atoms with Gasteiger partial charge in [-0.2, -0.15) is 0 Å². The molecule has 0 heterocycles. The van der Waals surface area contributed by atoms with E-state index < -0.39 is 4.92 Å². The van der Waals surface area contributed by atoms with Crippen LogP contribution in [0.4, 0.5) is 17.1 Å². The summed E-state index contributed by atoms with van der Waals surface area (Å²) in [7, 11) is 1.68. The molecule has 0 amide bonds. The third-order valence-corrected chi connectivity index (χ3v) is 1.91. The van der Waals surface area contributed by atoms with Gasteiger partial charge in [0, 0.05) is 25.7 Å². The topological polar surface area (TPSA) is 87.4 Å². The van der Waals surface area contributed by atoms with E-state index in [4.69, 9.17) is 5.11 Å². The Kier molecular flexibility index (Phi) is 3.87. The van der Waals surface area contributed by atoms with Crippen LogP contribution in [0.3, 0.4) is 0 Å². The number of non-ortho nitro benzene ring substituents is 1. The van der Waals surface area contributed by atoms with E-state index in [1.54, 1.807) is 13.1 Å². The molecule has 1 rings (SSSR count). The van der Waals surface area contributed by atoms with Gasteiger partial charge in [0.15, 0.2) is 0 Å². The first-order valence-electron chi connectivity index (χ1n) is 4.50. The van der Waals surface area contributed by atoms with E-state index in [0.717, 1.165) is 5.69 Å². The van der Waals surface area contributed by atoms with E-state index in [2.05, 4.69) is 10.6 Å². The molecular weight excluding hydrogens is 198 g/mol. The molecule has 6 nitrogen and oxygen atoms in total. The summed E-state index contributed by atoms with van der Waals surface area (Å²) in [6.07, 6.45) is 0. The summed E-state index contributed by atoms with van der Waals surface area (Å²) in [5.41, 5.74) is 1.41. The van der Waals surface area contributed by atoms with Gasteiger partial charge in [0.1, 0.15) is 0 Å². The summed E-state index contributed by atoms with van der Waals surface area (Å²) in [5.74, 6) is 0. The molecule has 6 heteroatoms. The summed E-state index contributed by atoms with van der Waals surface area (Å²) in [4.78, 5) is 10.1. The minimum absolute atomic E-state index is 0.0140. The first-order valence-corrected chi connectivity index (χ1v) is 4.50. The second-order valence-corrected chi connectivity index (χ2v) is 2.89. The van der Waals surface area contributed by atoms with Crippen LogP contribution in [-0.2, 0) is 0 Å². The van der Waals surface area contributed by atoms with E-state index >= 15 is 0 Å². The number of nitrogens with one attached hydrogen (secondary N) is 2. The molecule has 15 heavy (non-hydrogen) atoms. The second-order valence-electron chi connectivity index (χ2n) is 2.89. The Morgan fingerprint density at radius 1 is 1.47 bits per heavy atom. The quantitative estimate of drug-likeness (QED) is 0.500. The van der Waals surface area contributed by atoms with Crippen LogP contribution in [-0.4, -0.2) is 30.2 Å². The van der Waals surface area contributed by atoms with Crippen LogP contribution in [0.2, 0.25) is 0 Å². The molecule has 0 aliphatic heterocycles. The molecule has 3 N–H and O–H groups in total. The first kappa shape index (κ1) is 11.3. The molecule has 1 aromatic carbocycles. The Hall–Kier alpha value is -1.82. The number of anilines is 2. The van der Waals surface area contributed by atoms with Crippen molar-refractivity contribution < 1.29 is 10.0 Å². The molecular formula is C9H13N3O3. The van der Waals surface area contributed by atoms with Crippen molar-refractivity contribution in [2.45, 2.75) is 0 Å². The number of aliphatic hydroxyl groups is 1. The fraction of sp³-hybridized carbons (Fsp3) is 0.333. The van der Waals surface area contributed by atoms with Crippen molar-refractivity contribution in [3.8, 4) is 0 Å². The third-order valence-electron chi connectivity index (χ3n) is 1.91. The zero-order valence-electron chi connectivity index (χ0n) is 8.36. The fourth-order valence-electron chi connectivity index (χ4n) is 1.20. The minimum Gasteiger partial charge on any atom is -0.395 e. The molecule has 0 spiro atoms. The van der Waals surface area contributed by atoms with Gasteiger partial charge >= 0.3 is 0 Å². The lowest BCUT2D eigenvalue weighted by Crippen LogP contribution is -2.07. The number of rotatable bonds is 5. The molecule has 0 aliphatic carbocycles. The van der Waals surface area contributed by atoms with Crippen LogP contribution in [0.1, 0.15) is 0 Å². The maximum Gasteiger partial charge on any atom is 0.271 e. The molecule has 0 bridgehead atoms. The zero-order valence-corrected chi connectivity index (χ0v) is 8.36. The summed E-state index contributed by atoms with van der Waals surface area (Å²) < 4.78 is 0. The maximum absolute atomic E-state index is 10.5. The lowest BCUT2D eigenvalue weighted by Gasteiger charge is -2.10. The molecule has 0 aromatic heterocycles. The van der Waals surface area contributed by atoms with Gasteiger partial charge in [-0.05, 0) is 6.07 Å². The highest BCUT2D eigenvalue weighted by atomic mass is 16.6. The molecule has 1 aromatic rings. The van der Waals surface area contributed by atoms with E-state index in [0.29, 0.717) is 12.2 Å². The van der Waals surface area contributed by atoms with Crippen LogP contribution < -0.4 is 10.6 Å². The van der Waals surface area contributed by atoms with Gasteiger partial charge in [0.2, 0.25) is 0 Å². The molecule has 0 unspecified atom stereocenters. The van der Waals surface area contributed by atoms with Crippen molar-refractivity contribution in [2.75, 3.05) is 30.8 Å². The maximum atomic E-state index is 10.5. The van der Waals surface area contributed by atoms with Crippen LogP contribution >= 0.6 is 0 Å². The number of aliphatic hydroxyl groups excluding tert-OH is 1. The van der Waals surface area contributed by atoms with Crippen LogP contribution in [0.15, 0.2) is 18.2 Å². The Morgan fingerprint density at radius 3 is 2.73 bits per heavy atom. The Labute approximate surface area is 87.1 Å². The molecule has 0 saturated heterocycles. The summed E-state index contributed by atoms with van der Waals surface area (Å²) in [6, 6.07) is 4.47. The minimum atomic E-state index is -0.448. The van der Waals surface area contributed by atoms with Crippen molar-refractivity contribution in [3.63, 3.8) is 0 Å². The molecule has 0 fully saturated rings. The highest BCUT2D eigenvalue weighted by Gasteiger charge is 2.09. The lowest BCUT2D eigenvalue weighted by molar-refractivity contribution is -0.384. The van der Waals surface area contributed by atoms with Gasteiger partial charge in [-0.3, -0.25) is 10.1 Å². The number of nitro benzene ring substituents is 1. The first-order chi connectivity index (χ1) is 7.19. The molecule has 82 valence electrons. The average Bonchev–Trinajstić information content (AvgIpc) is 2.25. The van der Waals surface area contributed by atoms with Gasteiger partial charge in [0.05, 0.1) is 22.9 Å². The highest BCUT2D eigenvalue weighted by Crippen LogP contribution is 2.26. The van der Waals surface area contributed by atoms with Gasteiger partial charge in [-0.25, -0.2) is 0 Å². The predicted molar refractivity (Wildman–Crippen MR) is 58.2 cm³/mol. The second kappa shape index (κ2) is 5.16. The highest BCUT2D eigenvalue weighted by molar-refractivity contribution is 5.71. The van der Waals surface area contributed by atoms with Gasteiger partial charge in [0.25, 0.3) is 5.69 Å². The Bertz CT molecular complexity index is 354. The van der Waals surface area contributed by atoms with E-state index in [1.165, 1.54) is 12.1 Å². The van der Waals surface area contributed by atoms with Crippen LogP contribution in [0.5, 0.6) is 0 Å². The smallest absolute Gasteiger partial charge is 0.271 e. The summed E-state index contributed by atoms with van der Waals surface area (Å²) >= 11 is 0. The number of hydrogen-bond donors (Lipinski definition) is 3. The van der Waals surface area contributed by atoms with E-state index in [-0.39, 0.29) is 12.3 Å². The van der Waals surface area contributed by atoms with Gasteiger partial charge in [-0.1, -0.05) is 0 Å². The number of nitrogens with zero attached hydrogens (tertiary/aromatic N) is 1. The normalized spacial score (nSPS) is 9.73. The van der Waals surface area contributed by atoms with Crippen molar-refractivity contribution in [1.29, 1.82) is 0 Å². The number of nitro groups is 1. The van der Waals surface area contributed by atoms with Gasteiger partial charge < -0.3 is 15.7 Å². The summed E-state index contributed by atoms with van der Waals surface area (Å²) in [6.45, 7) is 0.423. The molecule has 0 aliphatic rings. The van der Waals surface area contributed by atoms with Crippen molar-refractivity contribution in [2.24, 2.45) is 0 Å². The van der Waals surface area contributed by atoms with Crippen LogP contribution in [0, 0.1) is 10.1 Å². The zero-order chi connectivity index (χ0) is 11.3. The number of hydrogen-bond acceptors (Lipinski definition) is 5. The average molecular weight is 211 g/mol. The van der Waals surface area contributed by atoms with Crippen molar-refractivity contribution in [1.82, 2.24) is 0 Å².